The van der Waals surface area contributed by atoms with Crippen LogP contribution in [0.4, 0.5) is 0 Å². The average molecular weight is 695 g/mol. The monoisotopic (exact) mass is 694 g/mol. The molecule has 3 aromatic rings. The Morgan fingerprint density at radius 3 is 2.58 bits per heavy atom. The number of unbranched alkanes of at least 4 members (excludes halogenated alkanes) is 1. The Morgan fingerprint density at radius 1 is 1.02 bits per heavy atom. The van der Waals surface area contributed by atoms with Crippen LogP contribution in [0.1, 0.15) is 94.2 Å². The second-order valence-electron chi connectivity index (χ2n) is 13.1. The van der Waals surface area contributed by atoms with Crippen molar-refractivity contribution in [3.63, 3.8) is 0 Å². The minimum absolute atomic E-state index is 0.0105. The van der Waals surface area contributed by atoms with Crippen molar-refractivity contribution in [2.75, 3.05) is 13.2 Å². The van der Waals surface area contributed by atoms with Gasteiger partial charge in [-0.3, -0.25) is 19.2 Å². The van der Waals surface area contributed by atoms with E-state index in [9.17, 15) is 19.2 Å². The van der Waals surface area contributed by atoms with Crippen LogP contribution in [0.3, 0.4) is 0 Å². The van der Waals surface area contributed by atoms with Crippen LogP contribution >= 0.6 is 22.9 Å². The zero-order chi connectivity index (χ0) is 34.0. The third-order valence-corrected chi connectivity index (χ3v) is 10.9. The van der Waals surface area contributed by atoms with Crippen LogP contribution in [0.15, 0.2) is 42.5 Å². The number of nitrogens with zero attached hydrogens (tertiary/aromatic N) is 1. The van der Waals surface area contributed by atoms with Crippen molar-refractivity contribution in [1.29, 1.82) is 0 Å². The van der Waals surface area contributed by atoms with Gasteiger partial charge in [0.2, 0.25) is 11.8 Å². The summed E-state index contributed by atoms with van der Waals surface area (Å²) in [5.74, 6) is -1.10. The lowest BCUT2D eigenvalue weighted by Crippen LogP contribution is -2.49. The van der Waals surface area contributed by atoms with Crippen molar-refractivity contribution in [3.05, 3.63) is 58.1 Å². The topological polar surface area (TPSA) is 140 Å². The molecule has 9 nitrogen and oxygen atoms in total. The smallest absolute Gasteiger partial charge is 0.224 e. The molecule has 2 aliphatic rings. The molecule has 0 bridgehead atoms. The summed E-state index contributed by atoms with van der Waals surface area (Å²) in [6.45, 7) is 2.80. The van der Waals surface area contributed by atoms with Gasteiger partial charge in [-0.1, -0.05) is 56.0 Å². The summed E-state index contributed by atoms with van der Waals surface area (Å²) in [6, 6.07) is 12.3. The maximum absolute atomic E-state index is 14.2. The number of hydrogen-bond acceptors (Lipinski definition) is 8. The van der Waals surface area contributed by atoms with Crippen LogP contribution in [0.2, 0.25) is 5.02 Å². The van der Waals surface area contributed by atoms with Crippen molar-refractivity contribution < 1.29 is 23.9 Å². The van der Waals surface area contributed by atoms with E-state index in [2.05, 4.69) is 10.6 Å². The highest BCUT2D eigenvalue weighted by Gasteiger charge is 2.37. The van der Waals surface area contributed by atoms with Gasteiger partial charge in [0.15, 0.2) is 5.78 Å². The fourth-order valence-electron chi connectivity index (χ4n) is 6.96. The van der Waals surface area contributed by atoms with Gasteiger partial charge in [0.05, 0.1) is 39.8 Å². The second kappa shape index (κ2) is 17.4. The molecule has 11 heteroatoms. The number of rotatable bonds is 17. The first-order chi connectivity index (χ1) is 23.2. The number of nitrogens with two attached hydrogens (primary N) is 1. The number of thiazole rings is 1. The largest absolute Gasteiger partial charge is 0.493 e. The fraction of sp³-hybridized carbons (Fsp3) is 0.541. The van der Waals surface area contributed by atoms with E-state index < -0.39 is 17.9 Å². The molecule has 1 fully saturated rings. The maximum Gasteiger partial charge on any atom is 0.224 e. The fourth-order valence-corrected chi connectivity index (χ4v) is 8.28. The Labute approximate surface area is 291 Å². The van der Waals surface area contributed by atoms with Gasteiger partial charge in [-0.05, 0) is 62.4 Å². The molecular formula is C37H47ClN4O5S. The van der Waals surface area contributed by atoms with Gasteiger partial charge in [0, 0.05) is 48.6 Å². The molecule has 2 amide bonds. The number of aromatic nitrogens is 1. The number of ketones is 2. The molecule has 1 aromatic heterocycles. The summed E-state index contributed by atoms with van der Waals surface area (Å²) in [5, 5.41) is 7.66. The highest BCUT2D eigenvalue weighted by molar-refractivity contribution is 7.18. The van der Waals surface area contributed by atoms with Crippen LogP contribution in [-0.2, 0) is 25.6 Å². The summed E-state index contributed by atoms with van der Waals surface area (Å²) in [4.78, 5) is 59.3. The van der Waals surface area contributed by atoms with E-state index in [1.165, 1.54) is 11.3 Å². The molecule has 2 aromatic carbocycles. The van der Waals surface area contributed by atoms with E-state index in [4.69, 9.17) is 27.1 Å². The molecule has 1 saturated carbocycles. The molecule has 2 heterocycles. The molecule has 0 radical (unpaired) electrons. The van der Waals surface area contributed by atoms with E-state index in [0.29, 0.717) is 37.4 Å². The number of fused-ring (bicyclic) bond motifs is 2. The van der Waals surface area contributed by atoms with Gasteiger partial charge in [-0.2, -0.15) is 0 Å². The van der Waals surface area contributed by atoms with Crippen molar-refractivity contribution in [2.24, 2.45) is 23.5 Å². The highest BCUT2D eigenvalue weighted by atomic mass is 35.5. The number of carbonyl (C=O) groups excluding carboxylic acids is 4. The van der Waals surface area contributed by atoms with E-state index in [1.54, 1.807) is 13.0 Å². The first-order valence-corrected chi connectivity index (χ1v) is 18.6. The van der Waals surface area contributed by atoms with Crippen LogP contribution in [0.5, 0.6) is 5.75 Å². The van der Waals surface area contributed by atoms with E-state index in [-0.39, 0.29) is 54.6 Å². The lowest BCUT2D eigenvalue weighted by Gasteiger charge is -2.30. The van der Waals surface area contributed by atoms with Gasteiger partial charge in [-0.15, -0.1) is 11.3 Å². The van der Waals surface area contributed by atoms with Crippen LogP contribution in [0, 0.1) is 17.8 Å². The molecule has 1 aliphatic heterocycles. The van der Waals surface area contributed by atoms with Crippen LogP contribution < -0.4 is 21.1 Å². The average Bonchev–Trinajstić information content (AvgIpc) is 3.76. The van der Waals surface area contributed by atoms with E-state index in [0.717, 1.165) is 65.1 Å². The van der Waals surface area contributed by atoms with Gasteiger partial charge in [0.25, 0.3) is 0 Å². The summed E-state index contributed by atoms with van der Waals surface area (Å²) in [6.07, 6.45) is 6.99. The van der Waals surface area contributed by atoms with E-state index in [1.807, 2.05) is 36.4 Å². The number of benzene rings is 2. The van der Waals surface area contributed by atoms with Crippen molar-refractivity contribution in [1.82, 2.24) is 15.6 Å². The predicted octanol–water partition coefficient (Wildman–Crippen LogP) is 6.50. The summed E-state index contributed by atoms with van der Waals surface area (Å²) >= 11 is 7.64. The Bertz CT molecular complexity index is 1590. The molecule has 48 heavy (non-hydrogen) atoms. The van der Waals surface area contributed by atoms with Crippen LogP contribution in [0.25, 0.3) is 10.2 Å². The maximum atomic E-state index is 14.2. The van der Waals surface area contributed by atoms with Crippen molar-refractivity contribution >= 4 is 56.5 Å². The highest BCUT2D eigenvalue weighted by Crippen LogP contribution is 2.34. The van der Waals surface area contributed by atoms with Gasteiger partial charge >= 0.3 is 0 Å². The van der Waals surface area contributed by atoms with Crippen molar-refractivity contribution in [2.45, 2.75) is 96.1 Å². The lowest BCUT2D eigenvalue weighted by atomic mass is 9.86. The summed E-state index contributed by atoms with van der Waals surface area (Å²) in [7, 11) is 0. The Morgan fingerprint density at radius 2 is 1.81 bits per heavy atom. The van der Waals surface area contributed by atoms with Crippen molar-refractivity contribution in [3.8, 4) is 5.75 Å². The quantitative estimate of drug-likeness (QED) is 0.137. The number of ether oxygens (including phenoxy) is 1. The first kappa shape index (κ1) is 36.0. The number of para-hydroxylation sites is 1. The Hall–Kier alpha value is -3.34. The molecule has 4 atom stereocenters. The summed E-state index contributed by atoms with van der Waals surface area (Å²) < 4.78 is 6.70. The molecule has 4 N–H and O–H groups in total. The normalized spacial score (nSPS) is 18.0. The number of halogens is 1. The Balaban J connectivity index is 1.32. The minimum atomic E-state index is -0.720. The van der Waals surface area contributed by atoms with E-state index >= 15 is 0 Å². The predicted molar refractivity (Wildman–Crippen MR) is 189 cm³/mol. The van der Waals surface area contributed by atoms with Gasteiger partial charge < -0.3 is 21.1 Å². The third kappa shape index (κ3) is 9.42. The zero-order valence-corrected chi connectivity index (χ0v) is 29.3. The molecule has 5 rings (SSSR count). The van der Waals surface area contributed by atoms with Gasteiger partial charge in [0.1, 0.15) is 11.5 Å². The molecule has 258 valence electrons. The first-order valence-electron chi connectivity index (χ1n) is 17.4. The molecule has 1 aliphatic carbocycles. The number of amides is 2. The van der Waals surface area contributed by atoms with Crippen LogP contribution in [-0.4, -0.2) is 47.6 Å². The molecule has 0 spiro atoms. The van der Waals surface area contributed by atoms with Gasteiger partial charge in [-0.25, -0.2) is 4.98 Å². The molecule has 0 unspecified atom stereocenters. The zero-order valence-electron chi connectivity index (χ0n) is 27.7. The number of nitrogens with one attached hydrogen (secondary N) is 2. The lowest BCUT2D eigenvalue weighted by molar-refractivity contribution is -0.135. The number of carbonyl (C=O) groups is 4. The molecule has 0 saturated heterocycles. The standard InChI is InChI=1S/C37H47ClN4O5S/c1-2-27(43)19-25(21-34-40-30-15-14-26(38)22-33(30)48-34)37(46)42-35(23-9-3-4-10-23)31(44)20-24(11-7-8-17-39)36(45)41-29-16-18-47-32-13-6-5-12-28(29)32/h5-6,12-15,22-25,29,35H,2-4,7-11,16-21,39H2,1H3,(H,41,45)(H,42,46)/t24-,25+,29-,35+/m1/s1. The molecular weight excluding hydrogens is 648 g/mol. The Kier molecular flexibility index (Phi) is 13.0. The minimum Gasteiger partial charge on any atom is -0.493 e. The second-order valence-corrected chi connectivity index (χ2v) is 14.7. The SMILES string of the molecule is CCC(=O)C[C@@H](Cc1nc2ccc(Cl)cc2s1)C(=O)N[C@H](C(=O)C[C@@H](CCCCN)C(=O)N[C@@H]1CCOc2ccccc21)C1CCCC1. The summed E-state index contributed by atoms with van der Waals surface area (Å²) in [5.41, 5.74) is 7.50. The third-order valence-electron chi connectivity index (χ3n) is 9.67. The number of hydrogen-bond donors (Lipinski definition) is 3. The number of Topliss-reactive ketones (excluding diaryl/α,β-unsaturated/α-hetero) is 2.